The zero-order valence-electron chi connectivity index (χ0n) is 15.0. The van der Waals surface area contributed by atoms with Gasteiger partial charge >= 0.3 is 0 Å². The van der Waals surface area contributed by atoms with Gasteiger partial charge in [-0.25, -0.2) is 4.98 Å². The highest BCUT2D eigenvalue weighted by atomic mass is 16.5. The Morgan fingerprint density at radius 3 is 2.46 bits per heavy atom. The Balaban J connectivity index is 1.73. The van der Waals surface area contributed by atoms with Gasteiger partial charge in [-0.05, 0) is 24.3 Å². The summed E-state index contributed by atoms with van der Waals surface area (Å²) in [6, 6.07) is 13.1. The lowest BCUT2D eigenvalue weighted by Gasteiger charge is -2.27. The summed E-state index contributed by atoms with van der Waals surface area (Å²) in [6.07, 6.45) is 0. The summed E-state index contributed by atoms with van der Waals surface area (Å²) >= 11 is 0. The van der Waals surface area contributed by atoms with E-state index in [0.717, 1.165) is 5.56 Å². The molecule has 2 aromatic carbocycles. The van der Waals surface area contributed by atoms with Gasteiger partial charge in [-0.15, -0.1) is 0 Å². The van der Waals surface area contributed by atoms with Gasteiger partial charge in [0.1, 0.15) is 11.6 Å². The SMILES string of the molecule is Oc1cccc(-c2cc(Nc3ccc(O)c(O)c3)nc(N3CCOCC3)n2)c1. The molecule has 0 radical (unpaired) electrons. The number of aromatic hydroxyl groups is 3. The molecule has 8 nitrogen and oxygen atoms in total. The summed E-state index contributed by atoms with van der Waals surface area (Å²) in [5.74, 6) is 0.819. The molecule has 1 saturated heterocycles. The van der Waals surface area contributed by atoms with E-state index in [2.05, 4.69) is 15.3 Å². The van der Waals surface area contributed by atoms with E-state index in [1.165, 1.54) is 12.1 Å². The van der Waals surface area contributed by atoms with E-state index in [1.807, 2.05) is 11.0 Å². The second-order valence-corrected chi connectivity index (χ2v) is 6.42. The molecule has 0 bridgehead atoms. The molecule has 8 heteroatoms. The summed E-state index contributed by atoms with van der Waals surface area (Å²) in [6.45, 7) is 2.58. The third kappa shape index (κ3) is 3.91. The number of hydrogen-bond acceptors (Lipinski definition) is 8. The summed E-state index contributed by atoms with van der Waals surface area (Å²) in [5, 5.41) is 32.2. The van der Waals surface area contributed by atoms with Crippen LogP contribution in [0.2, 0.25) is 0 Å². The number of hydrogen-bond donors (Lipinski definition) is 4. The Morgan fingerprint density at radius 1 is 0.893 bits per heavy atom. The minimum atomic E-state index is -0.222. The van der Waals surface area contributed by atoms with E-state index in [4.69, 9.17) is 4.74 Å². The van der Waals surface area contributed by atoms with Gasteiger partial charge in [-0.1, -0.05) is 12.1 Å². The molecule has 0 spiro atoms. The van der Waals surface area contributed by atoms with Crippen molar-refractivity contribution in [3.05, 3.63) is 48.5 Å². The van der Waals surface area contributed by atoms with Crippen molar-refractivity contribution in [3.8, 4) is 28.5 Å². The number of phenols is 3. The van der Waals surface area contributed by atoms with Crippen molar-refractivity contribution >= 4 is 17.5 Å². The minimum Gasteiger partial charge on any atom is -0.508 e. The number of anilines is 3. The zero-order chi connectivity index (χ0) is 19.5. The number of phenolic OH excluding ortho intramolecular Hbond substituents is 3. The van der Waals surface area contributed by atoms with E-state index in [1.54, 1.807) is 30.3 Å². The first-order valence-corrected chi connectivity index (χ1v) is 8.89. The van der Waals surface area contributed by atoms with Crippen LogP contribution in [0, 0.1) is 0 Å². The van der Waals surface area contributed by atoms with Crippen LogP contribution in [-0.4, -0.2) is 51.6 Å². The molecular weight excluding hydrogens is 360 g/mol. The number of aromatic nitrogens is 2. The molecule has 144 valence electrons. The first kappa shape index (κ1) is 17.9. The Hall–Kier alpha value is -3.52. The fraction of sp³-hybridized carbons (Fsp3) is 0.200. The summed E-state index contributed by atoms with van der Waals surface area (Å²) < 4.78 is 5.40. The van der Waals surface area contributed by atoms with Crippen LogP contribution in [0.3, 0.4) is 0 Å². The maximum absolute atomic E-state index is 9.82. The van der Waals surface area contributed by atoms with Crippen LogP contribution in [0.15, 0.2) is 48.5 Å². The van der Waals surface area contributed by atoms with Crippen molar-refractivity contribution < 1.29 is 20.1 Å². The largest absolute Gasteiger partial charge is 0.508 e. The van der Waals surface area contributed by atoms with Gasteiger partial charge in [0.2, 0.25) is 5.95 Å². The molecular formula is C20H20N4O4. The van der Waals surface area contributed by atoms with Crippen molar-refractivity contribution in [3.63, 3.8) is 0 Å². The van der Waals surface area contributed by atoms with Crippen LogP contribution in [0.1, 0.15) is 0 Å². The molecule has 2 heterocycles. The smallest absolute Gasteiger partial charge is 0.228 e. The molecule has 3 aromatic rings. The van der Waals surface area contributed by atoms with Gasteiger partial charge in [-0.2, -0.15) is 4.98 Å². The normalized spacial score (nSPS) is 14.1. The third-order valence-corrected chi connectivity index (χ3v) is 4.40. The van der Waals surface area contributed by atoms with Crippen molar-refractivity contribution in [2.45, 2.75) is 0 Å². The molecule has 0 atom stereocenters. The lowest BCUT2D eigenvalue weighted by atomic mass is 10.1. The number of benzene rings is 2. The molecule has 1 fully saturated rings. The van der Waals surface area contributed by atoms with Gasteiger partial charge in [0.15, 0.2) is 11.5 Å². The second kappa shape index (κ2) is 7.61. The molecule has 1 aromatic heterocycles. The van der Waals surface area contributed by atoms with Crippen LogP contribution in [0.25, 0.3) is 11.3 Å². The van der Waals surface area contributed by atoms with Gasteiger partial charge < -0.3 is 30.3 Å². The number of nitrogens with zero attached hydrogens (tertiary/aromatic N) is 3. The molecule has 1 aliphatic rings. The molecule has 1 aliphatic heterocycles. The minimum absolute atomic E-state index is 0.155. The number of nitrogens with one attached hydrogen (secondary N) is 1. The predicted octanol–water partition coefficient (Wildman–Crippen LogP) is 2.84. The highest BCUT2D eigenvalue weighted by molar-refractivity contribution is 5.69. The quantitative estimate of drug-likeness (QED) is 0.404. The van der Waals surface area contributed by atoms with Crippen molar-refractivity contribution in [1.82, 2.24) is 9.97 Å². The third-order valence-electron chi connectivity index (χ3n) is 4.40. The van der Waals surface area contributed by atoms with E-state index in [9.17, 15) is 15.3 Å². The van der Waals surface area contributed by atoms with Crippen molar-refractivity contribution in [1.29, 1.82) is 0 Å². The Morgan fingerprint density at radius 2 is 1.71 bits per heavy atom. The monoisotopic (exact) mass is 380 g/mol. The number of rotatable bonds is 4. The van der Waals surface area contributed by atoms with Crippen molar-refractivity contribution in [2.75, 3.05) is 36.5 Å². The van der Waals surface area contributed by atoms with E-state index in [0.29, 0.717) is 49.5 Å². The highest BCUT2D eigenvalue weighted by Crippen LogP contribution is 2.31. The standard InChI is InChI=1S/C20H20N4O4/c25-15-3-1-2-13(10-15)16-12-19(21-14-4-5-17(26)18(27)11-14)23-20(22-16)24-6-8-28-9-7-24/h1-5,10-12,25-27H,6-9H2,(H,21,22,23). The molecule has 4 N–H and O–H groups in total. The van der Waals surface area contributed by atoms with Crippen molar-refractivity contribution in [2.24, 2.45) is 0 Å². The molecule has 4 rings (SSSR count). The molecule has 0 saturated carbocycles. The van der Waals surface area contributed by atoms with Crippen LogP contribution in [-0.2, 0) is 4.74 Å². The predicted molar refractivity (Wildman–Crippen MR) is 105 cm³/mol. The first-order valence-electron chi connectivity index (χ1n) is 8.89. The lowest BCUT2D eigenvalue weighted by molar-refractivity contribution is 0.122. The van der Waals surface area contributed by atoms with Crippen LogP contribution in [0.5, 0.6) is 17.2 Å². The maximum atomic E-state index is 9.82. The lowest BCUT2D eigenvalue weighted by Crippen LogP contribution is -2.37. The fourth-order valence-electron chi connectivity index (χ4n) is 2.97. The molecule has 0 amide bonds. The zero-order valence-corrected chi connectivity index (χ0v) is 15.0. The topological polar surface area (TPSA) is 111 Å². The van der Waals surface area contributed by atoms with E-state index >= 15 is 0 Å². The van der Waals surface area contributed by atoms with Crippen LogP contribution < -0.4 is 10.2 Å². The average Bonchev–Trinajstić information content (AvgIpc) is 2.71. The number of morpholine rings is 1. The van der Waals surface area contributed by atoms with Gasteiger partial charge in [0, 0.05) is 36.5 Å². The first-order chi connectivity index (χ1) is 13.6. The highest BCUT2D eigenvalue weighted by Gasteiger charge is 2.17. The second-order valence-electron chi connectivity index (χ2n) is 6.42. The molecule has 0 aliphatic carbocycles. The average molecular weight is 380 g/mol. The summed E-state index contributed by atoms with van der Waals surface area (Å²) in [5.41, 5.74) is 1.98. The molecule has 28 heavy (non-hydrogen) atoms. The Kier molecular flexibility index (Phi) is 4.86. The van der Waals surface area contributed by atoms with Gasteiger partial charge in [-0.3, -0.25) is 0 Å². The summed E-state index contributed by atoms with van der Waals surface area (Å²) in [4.78, 5) is 11.3. The van der Waals surface area contributed by atoms with Gasteiger partial charge in [0.05, 0.1) is 18.9 Å². The molecule has 0 unspecified atom stereocenters. The van der Waals surface area contributed by atoms with Crippen LogP contribution >= 0.6 is 0 Å². The maximum Gasteiger partial charge on any atom is 0.228 e. The van der Waals surface area contributed by atoms with Crippen LogP contribution in [0.4, 0.5) is 17.5 Å². The summed E-state index contributed by atoms with van der Waals surface area (Å²) in [7, 11) is 0. The van der Waals surface area contributed by atoms with Gasteiger partial charge in [0.25, 0.3) is 0 Å². The fourth-order valence-corrected chi connectivity index (χ4v) is 2.97. The van der Waals surface area contributed by atoms with E-state index in [-0.39, 0.29) is 17.2 Å². The van der Waals surface area contributed by atoms with E-state index < -0.39 is 0 Å². The Bertz CT molecular complexity index is 990. The Labute approximate surface area is 161 Å². The number of ether oxygens (including phenoxy) is 1.